The number of amides is 1. The minimum absolute atomic E-state index is 0.0150. The number of cyclic esters (lactones) is 1. The van der Waals surface area contributed by atoms with Crippen LogP contribution in [0.1, 0.15) is 21.5 Å². The Morgan fingerprint density at radius 2 is 1.85 bits per heavy atom. The molecule has 1 N–H and O–H groups in total. The number of carbonyl (C=O) groups excluding carboxylic acids is 2. The van der Waals surface area contributed by atoms with Gasteiger partial charge in [-0.05, 0) is 79.9 Å². The Morgan fingerprint density at radius 1 is 1.09 bits per heavy atom. The maximum Gasteiger partial charge on any atom is 0.363 e. The van der Waals surface area contributed by atoms with Gasteiger partial charge in [0.2, 0.25) is 5.90 Å². The largest absolute Gasteiger partial charge is 0.402 e. The van der Waals surface area contributed by atoms with E-state index in [2.05, 4.69) is 47.2 Å². The minimum atomic E-state index is -0.671. The van der Waals surface area contributed by atoms with Gasteiger partial charge in [0.05, 0.1) is 15.0 Å². The topological polar surface area (TPSA) is 124 Å². The predicted molar refractivity (Wildman–Crippen MR) is 128 cm³/mol. The van der Waals surface area contributed by atoms with Gasteiger partial charge in [-0.15, -0.1) is 0 Å². The summed E-state index contributed by atoms with van der Waals surface area (Å²) in [6.07, 6.45) is 4.44. The maximum absolute atomic E-state index is 12.3. The quantitative estimate of drug-likeness (QED) is 0.196. The molecule has 1 aliphatic heterocycles. The van der Waals surface area contributed by atoms with E-state index in [9.17, 15) is 19.7 Å². The molecule has 0 saturated carbocycles. The molecule has 0 aliphatic carbocycles. The smallest absolute Gasteiger partial charge is 0.363 e. The van der Waals surface area contributed by atoms with Crippen LogP contribution in [0.3, 0.4) is 0 Å². The fourth-order valence-electron chi connectivity index (χ4n) is 2.89. The highest BCUT2D eigenvalue weighted by Crippen LogP contribution is 2.28. The molecule has 33 heavy (non-hydrogen) atoms. The average molecular weight is 572 g/mol. The van der Waals surface area contributed by atoms with E-state index in [0.29, 0.717) is 31.3 Å². The third kappa shape index (κ3) is 5.21. The van der Waals surface area contributed by atoms with Crippen molar-refractivity contribution in [3.8, 4) is 0 Å². The van der Waals surface area contributed by atoms with Crippen molar-refractivity contribution < 1.29 is 19.2 Å². The second-order valence-electron chi connectivity index (χ2n) is 6.73. The SMILES string of the molecule is O=C1OC(c2ccc(NC(=O)c3cncc(Br)c3)cc2)=N/C1=C/c1ccc(Br)c([N+](=O)[O-])c1. The number of nitro benzene ring substituents is 1. The Morgan fingerprint density at radius 3 is 2.55 bits per heavy atom. The zero-order chi connectivity index (χ0) is 23.5. The number of aliphatic imine (C=N–C) groups is 1. The van der Waals surface area contributed by atoms with Crippen LogP contribution < -0.4 is 5.32 Å². The van der Waals surface area contributed by atoms with Crippen LogP contribution in [0.2, 0.25) is 0 Å². The second-order valence-corrected chi connectivity index (χ2v) is 8.50. The summed E-state index contributed by atoms with van der Waals surface area (Å²) >= 11 is 6.39. The number of nitrogens with zero attached hydrogens (tertiary/aromatic N) is 3. The monoisotopic (exact) mass is 570 g/mol. The highest BCUT2D eigenvalue weighted by Gasteiger charge is 2.24. The van der Waals surface area contributed by atoms with Crippen LogP contribution >= 0.6 is 31.9 Å². The number of benzene rings is 2. The third-order valence-corrected chi connectivity index (χ3v) is 5.55. The molecule has 2 aromatic carbocycles. The summed E-state index contributed by atoms with van der Waals surface area (Å²) in [7, 11) is 0. The zero-order valence-corrected chi connectivity index (χ0v) is 19.7. The Bertz CT molecular complexity index is 1350. The first kappa shape index (κ1) is 22.5. The fraction of sp³-hybridized carbons (Fsp3) is 0. The Labute approximate surface area is 203 Å². The lowest BCUT2D eigenvalue weighted by Crippen LogP contribution is -2.12. The van der Waals surface area contributed by atoms with Crippen LogP contribution in [0.15, 0.2) is 80.6 Å². The number of ether oxygens (including phenoxy) is 1. The number of rotatable bonds is 5. The average Bonchev–Trinajstić information content (AvgIpc) is 3.15. The van der Waals surface area contributed by atoms with Crippen LogP contribution in [-0.2, 0) is 9.53 Å². The molecule has 0 unspecified atom stereocenters. The summed E-state index contributed by atoms with van der Waals surface area (Å²) in [5.74, 6) is -0.906. The summed E-state index contributed by atoms with van der Waals surface area (Å²) in [5, 5.41) is 13.9. The highest BCUT2D eigenvalue weighted by atomic mass is 79.9. The number of nitrogens with one attached hydrogen (secondary N) is 1. The normalized spacial score (nSPS) is 14.1. The van der Waals surface area contributed by atoms with Crippen molar-refractivity contribution in [1.29, 1.82) is 0 Å². The standard InChI is InChI=1S/C22H12Br2N4O5/c23-15-9-14(10-25-11-15)20(29)26-16-4-2-13(3-5-16)21-27-18(22(30)33-21)7-12-1-6-17(24)19(8-12)28(31)32/h1-11H,(H,26,29)/b18-7+. The van der Waals surface area contributed by atoms with Gasteiger partial charge in [-0.1, -0.05) is 6.07 Å². The second kappa shape index (κ2) is 9.43. The minimum Gasteiger partial charge on any atom is -0.402 e. The number of esters is 1. The van der Waals surface area contributed by atoms with Gasteiger partial charge in [0.25, 0.3) is 11.6 Å². The molecule has 0 bridgehead atoms. The van der Waals surface area contributed by atoms with Crippen molar-refractivity contribution in [2.24, 2.45) is 4.99 Å². The van der Waals surface area contributed by atoms with Crippen LogP contribution in [0.5, 0.6) is 0 Å². The Balaban J connectivity index is 1.52. The molecule has 0 radical (unpaired) electrons. The molecule has 0 spiro atoms. The number of aromatic nitrogens is 1. The lowest BCUT2D eigenvalue weighted by molar-refractivity contribution is -0.385. The van der Waals surface area contributed by atoms with Crippen molar-refractivity contribution in [1.82, 2.24) is 4.98 Å². The first-order chi connectivity index (χ1) is 15.8. The summed E-state index contributed by atoms with van der Waals surface area (Å²) in [4.78, 5) is 43.3. The van der Waals surface area contributed by atoms with Gasteiger partial charge >= 0.3 is 5.97 Å². The van der Waals surface area contributed by atoms with Crippen LogP contribution in [0.25, 0.3) is 6.08 Å². The van der Waals surface area contributed by atoms with E-state index in [1.165, 1.54) is 24.4 Å². The lowest BCUT2D eigenvalue weighted by Gasteiger charge is -2.06. The highest BCUT2D eigenvalue weighted by molar-refractivity contribution is 9.10. The van der Waals surface area contributed by atoms with E-state index >= 15 is 0 Å². The number of halogens is 2. The Hall–Kier alpha value is -3.70. The Kier molecular flexibility index (Phi) is 6.43. The summed E-state index contributed by atoms with van der Waals surface area (Å²) in [6, 6.07) is 12.7. The van der Waals surface area contributed by atoms with E-state index < -0.39 is 10.9 Å². The van der Waals surface area contributed by atoms with Gasteiger partial charge in [-0.3, -0.25) is 19.9 Å². The van der Waals surface area contributed by atoms with Crippen molar-refractivity contribution in [2.75, 3.05) is 5.32 Å². The number of hydrogen-bond donors (Lipinski definition) is 1. The molecule has 4 rings (SSSR count). The molecule has 3 aromatic rings. The third-order valence-electron chi connectivity index (χ3n) is 4.45. The number of carbonyl (C=O) groups is 2. The number of hydrogen-bond acceptors (Lipinski definition) is 7. The van der Waals surface area contributed by atoms with E-state index in [1.54, 1.807) is 42.6 Å². The van der Waals surface area contributed by atoms with Crippen LogP contribution in [0, 0.1) is 10.1 Å². The van der Waals surface area contributed by atoms with E-state index in [-0.39, 0.29) is 23.2 Å². The summed E-state index contributed by atoms with van der Waals surface area (Å²) < 4.78 is 6.25. The van der Waals surface area contributed by atoms with E-state index in [4.69, 9.17) is 4.74 Å². The van der Waals surface area contributed by atoms with Gasteiger partial charge in [0, 0.05) is 34.2 Å². The fourth-order valence-corrected chi connectivity index (χ4v) is 3.64. The van der Waals surface area contributed by atoms with Crippen molar-refractivity contribution >= 4 is 67.1 Å². The molecule has 1 amide bonds. The molecule has 0 saturated heterocycles. The molecule has 2 heterocycles. The molecule has 1 aromatic heterocycles. The zero-order valence-electron chi connectivity index (χ0n) is 16.5. The van der Waals surface area contributed by atoms with Crippen LogP contribution in [0.4, 0.5) is 11.4 Å². The first-order valence-electron chi connectivity index (χ1n) is 9.29. The van der Waals surface area contributed by atoms with Gasteiger partial charge in [0.15, 0.2) is 5.70 Å². The van der Waals surface area contributed by atoms with Gasteiger partial charge < -0.3 is 10.1 Å². The lowest BCUT2D eigenvalue weighted by atomic mass is 10.1. The van der Waals surface area contributed by atoms with Crippen molar-refractivity contribution in [2.45, 2.75) is 0 Å². The molecule has 0 fully saturated rings. The van der Waals surface area contributed by atoms with Gasteiger partial charge in [-0.25, -0.2) is 9.79 Å². The molecule has 0 atom stereocenters. The number of pyridine rings is 1. The van der Waals surface area contributed by atoms with Gasteiger partial charge in [0.1, 0.15) is 0 Å². The van der Waals surface area contributed by atoms with E-state index in [0.717, 1.165) is 0 Å². The summed E-state index contributed by atoms with van der Waals surface area (Å²) in [6.45, 7) is 0. The molecular formula is C22H12Br2N4O5. The number of nitro groups is 1. The molecule has 164 valence electrons. The predicted octanol–water partition coefficient (Wildman–Crippen LogP) is 5.11. The molecule has 1 aliphatic rings. The first-order valence-corrected chi connectivity index (χ1v) is 10.9. The molecule has 9 nitrogen and oxygen atoms in total. The van der Waals surface area contributed by atoms with Crippen molar-refractivity contribution in [3.63, 3.8) is 0 Å². The van der Waals surface area contributed by atoms with Crippen LogP contribution in [-0.4, -0.2) is 27.7 Å². The maximum atomic E-state index is 12.3. The van der Waals surface area contributed by atoms with E-state index in [1.807, 2.05) is 0 Å². The molecule has 11 heteroatoms. The van der Waals surface area contributed by atoms with Crippen molar-refractivity contribution in [3.05, 3.63) is 102 Å². The molecular weight excluding hydrogens is 560 g/mol. The summed E-state index contributed by atoms with van der Waals surface area (Å²) in [5.41, 5.74) is 1.77. The number of anilines is 1. The van der Waals surface area contributed by atoms with Gasteiger partial charge in [-0.2, -0.15) is 0 Å².